The maximum Gasteiger partial charge on any atom is 0.251 e. The van der Waals surface area contributed by atoms with Crippen LogP contribution in [0.4, 0.5) is 0 Å². The summed E-state index contributed by atoms with van der Waals surface area (Å²) in [4.78, 5) is 44.3. The molecule has 0 radical (unpaired) electrons. The van der Waals surface area contributed by atoms with E-state index < -0.39 is 17.7 Å². The number of benzene rings is 2. The largest absolute Gasteiger partial charge is 0.493 e. The molecule has 3 amide bonds. The van der Waals surface area contributed by atoms with Crippen molar-refractivity contribution in [1.29, 1.82) is 0 Å². The Kier molecular flexibility index (Phi) is 12.5. The fraction of sp³-hybridized carbons (Fsp3) is 0.595. The fourth-order valence-corrected chi connectivity index (χ4v) is 7.22. The zero-order valence-electron chi connectivity index (χ0n) is 28.7. The van der Waals surface area contributed by atoms with Crippen LogP contribution in [-0.2, 0) is 20.9 Å². The van der Waals surface area contributed by atoms with E-state index in [1.54, 1.807) is 30.2 Å². The van der Waals surface area contributed by atoms with Gasteiger partial charge >= 0.3 is 0 Å². The van der Waals surface area contributed by atoms with Gasteiger partial charge in [0.1, 0.15) is 17.3 Å². The van der Waals surface area contributed by atoms with Gasteiger partial charge in [0.25, 0.3) is 5.91 Å². The minimum atomic E-state index is -0.914. The summed E-state index contributed by atoms with van der Waals surface area (Å²) < 4.78 is 17.1. The highest BCUT2D eigenvalue weighted by molar-refractivity contribution is 6.00. The Balaban J connectivity index is 0.00000468. The first kappa shape index (κ1) is 36.9. The molecule has 0 bridgehead atoms. The highest BCUT2D eigenvalue weighted by Crippen LogP contribution is 2.37. The number of aliphatic hydroxyl groups excluding tert-OH is 1. The number of unbranched alkanes of at least 4 members (excludes halogenated alkanes) is 1. The molecule has 4 aliphatic rings. The third-order valence-electron chi connectivity index (χ3n) is 10.5. The number of aliphatic hydroxyl groups is 1. The Hall–Kier alpha value is -3.38. The SMILES string of the molecule is CCCCN1C(=O)[C@@H](C(O)C2CCOCC2)NC(=O)C12CCN(Cc1ccc(Oc3ccc(C(=O)NCC4CC4)cc3OC)cc1)CC2.Cl. The van der Waals surface area contributed by atoms with Gasteiger partial charge in [-0.25, -0.2) is 0 Å². The summed E-state index contributed by atoms with van der Waals surface area (Å²) in [6, 6.07) is 12.2. The molecule has 2 atom stereocenters. The molecular weight excluding hydrogens is 648 g/mol. The first-order chi connectivity index (χ1) is 23.3. The van der Waals surface area contributed by atoms with Crippen molar-refractivity contribution in [3.63, 3.8) is 0 Å². The number of rotatable bonds is 13. The number of ether oxygens (including phenoxy) is 3. The van der Waals surface area contributed by atoms with Gasteiger partial charge in [0.15, 0.2) is 11.5 Å². The number of piperazine rings is 1. The van der Waals surface area contributed by atoms with Gasteiger partial charge in [0.05, 0.1) is 13.2 Å². The molecule has 4 fully saturated rings. The molecule has 6 rings (SSSR count). The predicted molar refractivity (Wildman–Crippen MR) is 187 cm³/mol. The molecule has 1 aliphatic carbocycles. The van der Waals surface area contributed by atoms with Gasteiger partial charge in [-0.3, -0.25) is 19.3 Å². The normalized spacial score (nSPS) is 21.9. The van der Waals surface area contributed by atoms with E-state index in [4.69, 9.17) is 14.2 Å². The smallest absolute Gasteiger partial charge is 0.251 e. The van der Waals surface area contributed by atoms with E-state index in [0.29, 0.717) is 100 Å². The van der Waals surface area contributed by atoms with Crippen LogP contribution in [0.3, 0.4) is 0 Å². The number of piperidine rings is 1. The minimum absolute atomic E-state index is 0. The molecule has 0 aromatic heterocycles. The summed E-state index contributed by atoms with van der Waals surface area (Å²) in [5.41, 5.74) is 0.757. The highest BCUT2D eigenvalue weighted by Gasteiger charge is 2.55. The molecule has 2 aromatic rings. The number of methoxy groups -OCH3 is 1. The second-order valence-corrected chi connectivity index (χ2v) is 13.8. The lowest BCUT2D eigenvalue weighted by molar-refractivity contribution is -0.166. The van der Waals surface area contributed by atoms with Gasteiger partial charge < -0.3 is 34.9 Å². The average Bonchev–Trinajstić information content (AvgIpc) is 3.95. The molecule has 3 saturated heterocycles. The molecule has 1 spiro atoms. The van der Waals surface area contributed by atoms with Gasteiger partial charge in [-0.1, -0.05) is 25.5 Å². The van der Waals surface area contributed by atoms with Crippen LogP contribution in [0, 0.1) is 11.8 Å². The molecule has 11 nitrogen and oxygen atoms in total. The summed E-state index contributed by atoms with van der Waals surface area (Å²) in [6.45, 7) is 6.49. The average molecular weight is 699 g/mol. The summed E-state index contributed by atoms with van der Waals surface area (Å²) in [5.74, 6) is 1.80. The second-order valence-electron chi connectivity index (χ2n) is 13.8. The van der Waals surface area contributed by atoms with E-state index in [0.717, 1.165) is 18.4 Å². The van der Waals surface area contributed by atoms with Crippen molar-refractivity contribution in [2.24, 2.45) is 11.8 Å². The summed E-state index contributed by atoms with van der Waals surface area (Å²) in [6.07, 6.45) is 5.63. The molecule has 2 aromatic carbocycles. The Morgan fingerprint density at radius 1 is 1.06 bits per heavy atom. The molecule has 1 unspecified atom stereocenters. The Labute approximate surface area is 295 Å². The first-order valence-electron chi connectivity index (χ1n) is 17.6. The fourth-order valence-electron chi connectivity index (χ4n) is 7.22. The molecule has 49 heavy (non-hydrogen) atoms. The van der Waals surface area contributed by atoms with Crippen LogP contribution >= 0.6 is 12.4 Å². The lowest BCUT2D eigenvalue weighted by atomic mass is 9.79. The molecule has 268 valence electrons. The van der Waals surface area contributed by atoms with Crippen molar-refractivity contribution < 1.29 is 33.7 Å². The predicted octanol–water partition coefficient (Wildman–Crippen LogP) is 4.30. The van der Waals surface area contributed by atoms with Crippen molar-refractivity contribution in [3.05, 3.63) is 53.6 Å². The van der Waals surface area contributed by atoms with Crippen molar-refractivity contribution in [2.75, 3.05) is 46.5 Å². The number of hydrogen-bond acceptors (Lipinski definition) is 8. The third kappa shape index (κ3) is 8.51. The highest BCUT2D eigenvalue weighted by atomic mass is 35.5. The van der Waals surface area contributed by atoms with Gasteiger partial charge in [0.2, 0.25) is 11.8 Å². The molecule has 3 aliphatic heterocycles. The Morgan fingerprint density at radius 3 is 2.43 bits per heavy atom. The van der Waals surface area contributed by atoms with Gasteiger partial charge in [-0.15, -0.1) is 12.4 Å². The number of carbonyl (C=O) groups is 3. The van der Waals surface area contributed by atoms with E-state index in [1.807, 2.05) is 24.3 Å². The summed E-state index contributed by atoms with van der Waals surface area (Å²) in [5, 5.41) is 17.1. The van der Waals surface area contributed by atoms with Crippen molar-refractivity contribution >= 4 is 30.1 Å². The number of amides is 3. The van der Waals surface area contributed by atoms with Gasteiger partial charge in [-0.2, -0.15) is 0 Å². The van der Waals surface area contributed by atoms with Gasteiger partial charge in [-0.05, 0) is 92.7 Å². The maximum absolute atomic E-state index is 13.9. The Bertz CT molecular complexity index is 1440. The van der Waals surface area contributed by atoms with E-state index in [-0.39, 0.29) is 36.0 Å². The second kappa shape index (κ2) is 16.6. The van der Waals surface area contributed by atoms with Gasteiger partial charge in [0, 0.05) is 51.5 Å². The summed E-state index contributed by atoms with van der Waals surface area (Å²) >= 11 is 0. The number of likely N-dealkylation sites (tertiary alicyclic amines) is 1. The molecule has 12 heteroatoms. The number of nitrogens with one attached hydrogen (secondary N) is 2. The van der Waals surface area contributed by atoms with Crippen LogP contribution in [0.1, 0.15) is 74.2 Å². The van der Waals surface area contributed by atoms with E-state index in [9.17, 15) is 19.5 Å². The van der Waals surface area contributed by atoms with Crippen LogP contribution in [0.25, 0.3) is 0 Å². The monoisotopic (exact) mass is 698 g/mol. The van der Waals surface area contributed by atoms with Crippen LogP contribution in [0.15, 0.2) is 42.5 Å². The summed E-state index contributed by atoms with van der Waals surface area (Å²) in [7, 11) is 1.56. The topological polar surface area (TPSA) is 130 Å². The van der Waals surface area contributed by atoms with E-state index in [2.05, 4.69) is 22.5 Å². The van der Waals surface area contributed by atoms with Crippen molar-refractivity contribution in [2.45, 2.75) is 82.5 Å². The number of hydrogen-bond donors (Lipinski definition) is 3. The quantitative estimate of drug-likeness (QED) is 0.283. The molecule has 3 heterocycles. The van der Waals surface area contributed by atoms with E-state index in [1.165, 1.54) is 12.8 Å². The number of nitrogens with zero attached hydrogens (tertiary/aromatic N) is 2. The number of carbonyl (C=O) groups excluding carboxylic acids is 3. The van der Waals surface area contributed by atoms with E-state index >= 15 is 0 Å². The minimum Gasteiger partial charge on any atom is -0.493 e. The van der Waals surface area contributed by atoms with Crippen molar-refractivity contribution in [3.8, 4) is 17.2 Å². The lowest BCUT2D eigenvalue weighted by Gasteiger charge is -2.52. The lowest BCUT2D eigenvalue weighted by Crippen LogP contribution is -2.75. The van der Waals surface area contributed by atoms with Crippen LogP contribution in [0.5, 0.6) is 17.2 Å². The van der Waals surface area contributed by atoms with Crippen LogP contribution < -0.4 is 20.1 Å². The van der Waals surface area contributed by atoms with Crippen LogP contribution in [-0.4, -0.2) is 96.8 Å². The third-order valence-corrected chi connectivity index (χ3v) is 10.5. The zero-order valence-corrected chi connectivity index (χ0v) is 29.5. The molecular formula is C37H51ClN4O7. The maximum atomic E-state index is 13.9. The van der Waals surface area contributed by atoms with Crippen molar-refractivity contribution in [1.82, 2.24) is 20.4 Å². The first-order valence-corrected chi connectivity index (χ1v) is 17.6. The standard InChI is InChI=1S/C37H50N4O7.ClH/c1-3-4-17-41-35(44)32(33(42)27-13-20-47-21-14-27)39-36(45)37(41)15-18-40(19-16-37)24-26-7-10-29(11-8-26)48-30-12-9-28(22-31(30)46-2)34(43)38-23-25-5-6-25;/h7-12,22,25,27,32-33,42H,3-6,13-21,23-24H2,1-2H3,(H,38,43)(H,39,45);1H/t32-,33?;/m1./s1. The van der Waals surface area contributed by atoms with Crippen LogP contribution in [0.2, 0.25) is 0 Å². The zero-order chi connectivity index (χ0) is 33.7. The molecule has 3 N–H and O–H groups in total. The molecule has 1 saturated carbocycles. The number of halogens is 1. The Morgan fingerprint density at radius 2 is 1.78 bits per heavy atom.